The first kappa shape index (κ1) is 13.8. The highest BCUT2D eigenvalue weighted by Crippen LogP contribution is 2.26. The number of aliphatic hydroxyl groups is 1. The summed E-state index contributed by atoms with van der Waals surface area (Å²) in [6.45, 7) is 0. The molecule has 0 amide bonds. The number of aliphatic hydroxyl groups excluding tert-OH is 1. The first-order chi connectivity index (χ1) is 8.22. The summed E-state index contributed by atoms with van der Waals surface area (Å²) in [6.07, 6.45) is -1.38. The van der Waals surface area contributed by atoms with Crippen LogP contribution in [0.25, 0.3) is 0 Å². The molecule has 1 aromatic rings. The van der Waals surface area contributed by atoms with Crippen LogP contribution < -0.4 is 0 Å². The first-order valence-electron chi connectivity index (χ1n) is 5.10. The maximum absolute atomic E-state index is 12.2. The lowest BCUT2D eigenvalue weighted by atomic mass is 10.3. The Balaban J connectivity index is 2.41. The Bertz CT molecular complexity index is 648. The van der Waals surface area contributed by atoms with Gasteiger partial charge in [0.25, 0.3) is 0 Å². The second-order valence-corrected chi connectivity index (χ2v) is 8.94. The number of sulfone groups is 2. The van der Waals surface area contributed by atoms with Crippen molar-refractivity contribution in [3.63, 3.8) is 0 Å². The third kappa shape index (κ3) is 2.54. The molecule has 1 aromatic carbocycles. The van der Waals surface area contributed by atoms with Crippen molar-refractivity contribution >= 4 is 31.3 Å². The quantitative estimate of drug-likeness (QED) is 0.847. The predicted octanol–water partition coefficient (Wildman–Crippen LogP) is 0.272. The van der Waals surface area contributed by atoms with Crippen molar-refractivity contribution in [3.05, 3.63) is 29.3 Å². The molecule has 0 aromatic heterocycles. The van der Waals surface area contributed by atoms with Crippen LogP contribution in [0.3, 0.4) is 0 Å². The number of halogens is 1. The molecule has 8 heteroatoms. The molecule has 2 rings (SSSR count). The molecular weight excluding hydrogens is 300 g/mol. The van der Waals surface area contributed by atoms with E-state index in [1.165, 1.54) is 24.3 Å². The van der Waals surface area contributed by atoms with Crippen LogP contribution in [0, 0.1) is 0 Å². The fraction of sp³-hybridized carbons (Fsp3) is 0.400. The third-order valence-corrected chi connectivity index (χ3v) is 7.20. The van der Waals surface area contributed by atoms with Gasteiger partial charge in [-0.1, -0.05) is 11.6 Å². The molecule has 0 spiro atoms. The van der Waals surface area contributed by atoms with Gasteiger partial charge in [0.2, 0.25) is 0 Å². The SMILES string of the molecule is O=S1(=O)C[C@H](O)[C@@H](S(=O)(=O)c2ccc(Cl)cc2)C1. The van der Waals surface area contributed by atoms with Gasteiger partial charge in [0.1, 0.15) is 5.25 Å². The molecule has 1 aliphatic rings. The summed E-state index contributed by atoms with van der Waals surface area (Å²) in [7, 11) is -7.36. The van der Waals surface area contributed by atoms with Gasteiger partial charge < -0.3 is 5.11 Å². The summed E-state index contributed by atoms with van der Waals surface area (Å²) in [5, 5.41) is 8.67. The summed E-state index contributed by atoms with van der Waals surface area (Å²) in [6, 6.07) is 5.42. The number of hydrogen-bond acceptors (Lipinski definition) is 5. The maximum atomic E-state index is 12.2. The van der Waals surface area contributed by atoms with Crippen LogP contribution in [0.2, 0.25) is 5.02 Å². The molecule has 1 N–H and O–H groups in total. The minimum Gasteiger partial charge on any atom is -0.391 e. The largest absolute Gasteiger partial charge is 0.391 e. The molecule has 1 saturated heterocycles. The molecule has 0 unspecified atom stereocenters. The van der Waals surface area contributed by atoms with Gasteiger partial charge in [0.05, 0.1) is 22.5 Å². The van der Waals surface area contributed by atoms with Crippen LogP contribution in [-0.2, 0) is 19.7 Å². The Hall–Kier alpha value is -0.630. The zero-order valence-corrected chi connectivity index (χ0v) is 11.5. The first-order valence-corrected chi connectivity index (χ1v) is 8.85. The summed E-state index contributed by atoms with van der Waals surface area (Å²) in [5.74, 6) is -1.05. The monoisotopic (exact) mass is 310 g/mol. The lowest BCUT2D eigenvalue weighted by Crippen LogP contribution is -2.32. The molecule has 2 atom stereocenters. The van der Waals surface area contributed by atoms with E-state index in [-0.39, 0.29) is 4.90 Å². The molecule has 1 fully saturated rings. The minimum atomic E-state index is -3.86. The Kier molecular flexibility index (Phi) is 3.44. The highest BCUT2D eigenvalue weighted by Gasteiger charge is 2.44. The molecule has 1 heterocycles. The average Bonchev–Trinajstić information content (AvgIpc) is 2.53. The summed E-state index contributed by atoms with van der Waals surface area (Å²) < 4.78 is 47.0. The summed E-state index contributed by atoms with van der Waals surface area (Å²) in [4.78, 5) is -0.0342. The van der Waals surface area contributed by atoms with Crippen molar-refractivity contribution in [2.24, 2.45) is 0 Å². The standard InChI is InChI=1S/C10H11ClO5S2/c11-7-1-3-8(4-2-7)18(15,16)10-6-17(13,14)5-9(10)12/h1-4,9-10,12H,5-6H2/t9-,10-/m0/s1. The van der Waals surface area contributed by atoms with Crippen LogP contribution in [-0.4, -0.2) is 44.8 Å². The number of benzene rings is 1. The molecule has 0 radical (unpaired) electrons. The highest BCUT2D eigenvalue weighted by molar-refractivity contribution is 7.96. The van der Waals surface area contributed by atoms with Gasteiger partial charge in [0.15, 0.2) is 19.7 Å². The van der Waals surface area contributed by atoms with Crippen LogP contribution in [0.1, 0.15) is 0 Å². The molecule has 1 aliphatic heterocycles. The van der Waals surface area contributed by atoms with Crippen molar-refractivity contribution < 1.29 is 21.9 Å². The Morgan fingerprint density at radius 1 is 1.17 bits per heavy atom. The molecule has 5 nitrogen and oxygen atoms in total. The van der Waals surface area contributed by atoms with Crippen molar-refractivity contribution in [1.29, 1.82) is 0 Å². The van der Waals surface area contributed by atoms with Crippen molar-refractivity contribution in [2.45, 2.75) is 16.2 Å². The van der Waals surface area contributed by atoms with Gasteiger partial charge in [-0.05, 0) is 24.3 Å². The smallest absolute Gasteiger partial charge is 0.184 e. The molecule has 100 valence electrons. The number of hydrogen-bond donors (Lipinski definition) is 1. The maximum Gasteiger partial charge on any atom is 0.184 e. The van der Waals surface area contributed by atoms with E-state index in [2.05, 4.69) is 0 Å². The van der Waals surface area contributed by atoms with Crippen molar-refractivity contribution in [1.82, 2.24) is 0 Å². The van der Waals surface area contributed by atoms with E-state index >= 15 is 0 Å². The minimum absolute atomic E-state index is 0.0342. The van der Waals surface area contributed by atoms with E-state index in [0.717, 1.165) is 0 Å². The Morgan fingerprint density at radius 3 is 2.17 bits per heavy atom. The Labute approximate surface area is 110 Å². The van der Waals surface area contributed by atoms with Crippen LogP contribution in [0.5, 0.6) is 0 Å². The number of rotatable bonds is 2. The summed E-state index contributed by atoms with van der Waals surface area (Å²) >= 11 is 5.66. The van der Waals surface area contributed by atoms with Gasteiger partial charge in [-0.3, -0.25) is 0 Å². The lowest BCUT2D eigenvalue weighted by molar-refractivity contribution is 0.204. The fourth-order valence-corrected chi connectivity index (χ4v) is 6.47. The van der Waals surface area contributed by atoms with Gasteiger partial charge in [-0.2, -0.15) is 0 Å². The van der Waals surface area contributed by atoms with E-state index in [1.807, 2.05) is 0 Å². The zero-order chi connectivity index (χ0) is 13.6. The van der Waals surface area contributed by atoms with Gasteiger partial charge in [-0.15, -0.1) is 0 Å². The predicted molar refractivity (Wildman–Crippen MR) is 67.1 cm³/mol. The van der Waals surface area contributed by atoms with Crippen LogP contribution >= 0.6 is 11.6 Å². The molecule has 0 aliphatic carbocycles. The zero-order valence-electron chi connectivity index (χ0n) is 9.15. The third-order valence-electron chi connectivity index (χ3n) is 2.81. The van der Waals surface area contributed by atoms with E-state index in [0.29, 0.717) is 5.02 Å². The molecule has 18 heavy (non-hydrogen) atoms. The van der Waals surface area contributed by atoms with Crippen molar-refractivity contribution in [3.8, 4) is 0 Å². The van der Waals surface area contributed by atoms with E-state index in [4.69, 9.17) is 11.6 Å². The van der Waals surface area contributed by atoms with E-state index < -0.39 is 42.5 Å². The summed E-state index contributed by atoms with van der Waals surface area (Å²) in [5.41, 5.74) is 0. The van der Waals surface area contributed by atoms with E-state index in [9.17, 15) is 21.9 Å². The van der Waals surface area contributed by atoms with Crippen molar-refractivity contribution in [2.75, 3.05) is 11.5 Å². The van der Waals surface area contributed by atoms with Gasteiger partial charge in [0, 0.05) is 5.02 Å². The topological polar surface area (TPSA) is 88.5 Å². The molecular formula is C10H11ClO5S2. The van der Waals surface area contributed by atoms with Gasteiger partial charge in [-0.25, -0.2) is 16.8 Å². The van der Waals surface area contributed by atoms with E-state index in [1.54, 1.807) is 0 Å². The second-order valence-electron chi connectivity index (χ2n) is 4.18. The Morgan fingerprint density at radius 2 is 1.72 bits per heavy atom. The average molecular weight is 311 g/mol. The molecule has 0 saturated carbocycles. The highest BCUT2D eigenvalue weighted by atomic mass is 35.5. The van der Waals surface area contributed by atoms with Crippen LogP contribution in [0.15, 0.2) is 29.2 Å². The second kappa shape index (κ2) is 4.48. The molecule has 0 bridgehead atoms. The lowest BCUT2D eigenvalue weighted by Gasteiger charge is -2.13. The normalized spacial score (nSPS) is 27.2. The fourth-order valence-electron chi connectivity index (χ4n) is 1.89. The van der Waals surface area contributed by atoms with Gasteiger partial charge >= 0.3 is 0 Å². The van der Waals surface area contributed by atoms with Crippen LogP contribution in [0.4, 0.5) is 0 Å².